The van der Waals surface area contributed by atoms with Gasteiger partial charge in [-0.1, -0.05) is 31.6 Å². The van der Waals surface area contributed by atoms with Crippen molar-refractivity contribution in [1.82, 2.24) is 0 Å². The summed E-state index contributed by atoms with van der Waals surface area (Å²) in [5.41, 5.74) is -1.12. The Morgan fingerprint density at radius 2 is 1.59 bits per heavy atom. The minimum absolute atomic E-state index is 0.00509. The standard InChI is InChI=1S/C11H12F6/c1-6(2)8-4-3-7(10(12,13)14)5-9(8)11(15,16)17/h3-4,6,9H,5H2,1-2H3. The van der Waals surface area contributed by atoms with Crippen LogP contribution >= 0.6 is 0 Å². The van der Waals surface area contributed by atoms with Crippen molar-refractivity contribution in [3.8, 4) is 0 Å². The predicted octanol–water partition coefficient (Wildman–Crippen LogP) is 4.64. The predicted molar refractivity (Wildman–Crippen MR) is 51.2 cm³/mol. The molecular weight excluding hydrogens is 246 g/mol. The average molecular weight is 258 g/mol. The molecule has 1 unspecified atom stereocenters. The van der Waals surface area contributed by atoms with Gasteiger partial charge in [0.05, 0.1) is 5.92 Å². The molecule has 98 valence electrons. The van der Waals surface area contributed by atoms with E-state index < -0.39 is 36.2 Å². The maximum Gasteiger partial charge on any atom is 0.412 e. The van der Waals surface area contributed by atoms with Crippen LogP contribution in [0.25, 0.3) is 0 Å². The molecule has 0 aliphatic heterocycles. The Hall–Kier alpha value is -0.940. The van der Waals surface area contributed by atoms with Crippen LogP contribution in [-0.4, -0.2) is 12.4 Å². The SMILES string of the molecule is CC(C)C1=CC=C(C(F)(F)F)CC1C(F)(F)F. The lowest BCUT2D eigenvalue weighted by Gasteiger charge is -2.29. The molecule has 0 saturated carbocycles. The van der Waals surface area contributed by atoms with E-state index in [1.807, 2.05) is 0 Å². The number of allylic oxidation sites excluding steroid dienone is 4. The Morgan fingerprint density at radius 3 is 1.94 bits per heavy atom. The number of hydrogen-bond donors (Lipinski definition) is 0. The van der Waals surface area contributed by atoms with Crippen molar-refractivity contribution in [2.45, 2.75) is 32.6 Å². The van der Waals surface area contributed by atoms with Gasteiger partial charge in [0.15, 0.2) is 0 Å². The van der Waals surface area contributed by atoms with Crippen LogP contribution in [0.5, 0.6) is 0 Å². The first kappa shape index (κ1) is 14.1. The van der Waals surface area contributed by atoms with Crippen molar-refractivity contribution in [2.24, 2.45) is 11.8 Å². The molecule has 0 heterocycles. The Balaban J connectivity index is 3.10. The highest BCUT2D eigenvalue weighted by molar-refractivity contribution is 5.31. The zero-order chi connectivity index (χ0) is 13.4. The van der Waals surface area contributed by atoms with Gasteiger partial charge in [-0.05, 0) is 12.3 Å². The number of hydrogen-bond acceptors (Lipinski definition) is 0. The first-order chi connectivity index (χ1) is 7.53. The summed E-state index contributed by atoms with van der Waals surface area (Å²) in [6, 6.07) is 0. The van der Waals surface area contributed by atoms with Crippen molar-refractivity contribution < 1.29 is 26.3 Å². The molecule has 0 spiro atoms. The van der Waals surface area contributed by atoms with Gasteiger partial charge in [0.25, 0.3) is 0 Å². The molecule has 0 radical (unpaired) electrons. The van der Waals surface area contributed by atoms with E-state index in [1.165, 1.54) is 13.8 Å². The fraction of sp³-hybridized carbons (Fsp3) is 0.636. The van der Waals surface area contributed by atoms with Crippen LogP contribution < -0.4 is 0 Å². The summed E-state index contributed by atoms with van der Waals surface area (Å²) in [7, 11) is 0. The van der Waals surface area contributed by atoms with Crippen LogP contribution in [0.2, 0.25) is 0 Å². The van der Waals surface area contributed by atoms with Crippen molar-refractivity contribution >= 4 is 0 Å². The fourth-order valence-electron chi connectivity index (χ4n) is 1.83. The van der Waals surface area contributed by atoms with Crippen molar-refractivity contribution in [3.05, 3.63) is 23.3 Å². The lowest BCUT2D eigenvalue weighted by molar-refractivity contribution is -0.170. The minimum Gasteiger partial charge on any atom is -0.170 e. The highest BCUT2D eigenvalue weighted by Crippen LogP contribution is 2.45. The maximum atomic E-state index is 12.7. The molecule has 0 aromatic carbocycles. The van der Waals surface area contributed by atoms with Gasteiger partial charge < -0.3 is 0 Å². The molecule has 0 fully saturated rings. The molecule has 0 aromatic rings. The smallest absolute Gasteiger partial charge is 0.170 e. The largest absolute Gasteiger partial charge is 0.412 e. The second-order valence-electron chi connectivity index (χ2n) is 4.31. The van der Waals surface area contributed by atoms with Gasteiger partial charge >= 0.3 is 12.4 Å². The lowest BCUT2D eigenvalue weighted by Crippen LogP contribution is -2.31. The van der Waals surface area contributed by atoms with E-state index in [-0.39, 0.29) is 5.57 Å². The van der Waals surface area contributed by atoms with Gasteiger partial charge in [0, 0.05) is 5.57 Å². The van der Waals surface area contributed by atoms with Crippen molar-refractivity contribution in [3.63, 3.8) is 0 Å². The highest BCUT2D eigenvalue weighted by atomic mass is 19.4. The molecule has 0 saturated heterocycles. The number of alkyl halides is 6. The second-order valence-corrected chi connectivity index (χ2v) is 4.31. The van der Waals surface area contributed by atoms with Crippen LogP contribution in [0.1, 0.15) is 20.3 Å². The normalized spacial score (nSPS) is 22.5. The zero-order valence-corrected chi connectivity index (χ0v) is 9.28. The molecule has 0 N–H and O–H groups in total. The molecule has 17 heavy (non-hydrogen) atoms. The molecule has 0 amide bonds. The van der Waals surface area contributed by atoms with Gasteiger partial charge in [-0.2, -0.15) is 26.3 Å². The van der Waals surface area contributed by atoms with E-state index in [9.17, 15) is 26.3 Å². The second kappa shape index (κ2) is 4.38. The highest BCUT2D eigenvalue weighted by Gasteiger charge is 2.47. The topological polar surface area (TPSA) is 0 Å². The quantitative estimate of drug-likeness (QED) is 0.601. The molecule has 1 atom stereocenters. The van der Waals surface area contributed by atoms with E-state index >= 15 is 0 Å². The Labute approximate surface area is 95.0 Å². The van der Waals surface area contributed by atoms with Crippen LogP contribution in [-0.2, 0) is 0 Å². The van der Waals surface area contributed by atoms with Crippen LogP contribution in [0.15, 0.2) is 23.3 Å². The Kier molecular flexibility index (Phi) is 3.64. The first-order valence-corrected chi connectivity index (χ1v) is 5.08. The fourth-order valence-corrected chi connectivity index (χ4v) is 1.83. The maximum absolute atomic E-state index is 12.7. The third-order valence-corrected chi connectivity index (χ3v) is 2.73. The first-order valence-electron chi connectivity index (χ1n) is 5.08. The monoisotopic (exact) mass is 258 g/mol. The van der Waals surface area contributed by atoms with E-state index in [0.717, 1.165) is 12.2 Å². The third-order valence-electron chi connectivity index (χ3n) is 2.73. The van der Waals surface area contributed by atoms with Crippen LogP contribution in [0.4, 0.5) is 26.3 Å². The summed E-state index contributed by atoms with van der Waals surface area (Å²) in [5, 5.41) is 0. The van der Waals surface area contributed by atoms with Gasteiger partial charge in [0.2, 0.25) is 0 Å². The van der Waals surface area contributed by atoms with Crippen LogP contribution in [0, 0.1) is 11.8 Å². The summed E-state index contributed by atoms with van der Waals surface area (Å²) >= 11 is 0. The number of halogens is 6. The summed E-state index contributed by atoms with van der Waals surface area (Å²) in [4.78, 5) is 0. The van der Waals surface area contributed by atoms with Gasteiger partial charge in [-0.15, -0.1) is 0 Å². The molecule has 0 nitrogen and oxygen atoms in total. The Bertz CT molecular complexity index is 342. The molecule has 0 aromatic heterocycles. The Morgan fingerprint density at radius 1 is 1.06 bits per heavy atom. The molecule has 1 aliphatic carbocycles. The summed E-state index contributed by atoms with van der Waals surface area (Å²) in [5.74, 6) is -2.45. The third kappa shape index (κ3) is 3.26. The molecule has 1 rings (SSSR count). The summed E-state index contributed by atoms with van der Waals surface area (Å²) in [6.45, 7) is 3.08. The molecule has 0 bridgehead atoms. The molecular formula is C11H12F6. The van der Waals surface area contributed by atoms with Gasteiger partial charge in [0.1, 0.15) is 0 Å². The van der Waals surface area contributed by atoms with Crippen LogP contribution in [0.3, 0.4) is 0 Å². The van der Waals surface area contributed by atoms with E-state index in [2.05, 4.69) is 0 Å². The molecule has 1 aliphatic rings. The van der Waals surface area contributed by atoms with Gasteiger partial charge in [-0.3, -0.25) is 0 Å². The molecule has 6 heteroatoms. The van der Waals surface area contributed by atoms with E-state index in [4.69, 9.17) is 0 Å². The average Bonchev–Trinajstić information content (AvgIpc) is 2.14. The zero-order valence-electron chi connectivity index (χ0n) is 9.28. The lowest BCUT2D eigenvalue weighted by atomic mass is 9.81. The van der Waals surface area contributed by atoms with E-state index in [0.29, 0.717) is 0 Å². The minimum atomic E-state index is -4.69. The van der Waals surface area contributed by atoms with Crippen molar-refractivity contribution in [1.29, 1.82) is 0 Å². The van der Waals surface area contributed by atoms with Crippen molar-refractivity contribution in [2.75, 3.05) is 0 Å². The number of rotatable bonds is 1. The summed E-state index contributed by atoms with van der Waals surface area (Å²) < 4.78 is 75.1. The van der Waals surface area contributed by atoms with Gasteiger partial charge in [-0.25, -0.2) is 0 Å². The van der Waals surface area contributed by atoms with E-state index in [1.54, 1.807) is 0 Å². The summed E-state index contributed by atoms with van der Waals surface area (Å²) in [6.07, 6.45) is -8.65.